The van der Waals surface area contributed by atoms with Crippen molar-refractivity contribution in [3.8, 4) is 29.6 Å². The van der Waals surface area contributed by atoms with Gasteiger partial charge < -0.3 is 18.8 Å². The zero-order valence-electron chi connectivity index (χ0n) is 16.0. The number of carbonyl (C=O) groups is 1. The van der Waals surface area contributed by atoms with E-state index >= 15 is 0 Å². The number of amides is 1. The molecule has 0 saturated carbocycles. The number of hydrogen-bond acceptors (Lipinski definition) is 5. The molecule has 1 aromatic heterocycles. The number of benzene rings is 2. The number of rotatable bonds is 6. The highest BCUT2D eigenvalue weighted by Crippen LogP contribution is 2.36. The van der Waals surface area contributed by atoms with Gasteiger partial charge in [-0.1, -0.05) is 30.6 Å². The van der Waals surface area contributed by atoms with Crippen molar-refractivity contribution >= 4 is 27.5 Å². The predicted octanol–water partition coefficient (Wildman–Crippen LogP) is 3.98. The highest BCUT2D eigenvalue weighted by molar-refractivity contribution is 7.16. The fourth-order valence-electron chi connectivity index (χ4n) is 2.97. The Kier molecular flexibility index (Phi) is 5.54. The summed E-state index contributed by atoms with van der Waals surface area (Å²) in [5, 5.41) is 0. The van der Waals surface area contributed by atoms with Gasteiger partial charge in [-0.3, -0.25) is 4.79 Å². The minimum Gasteiger partial charge on any atom is -0.494 e. The van der Waals surface area contributed by atoms with Gasteiger partial charge in [-0.15, -0.1) is 6.42 Å². The lowest BCUT2D eigenvalue weighted by atomic mass is 10.2. The van der Waals surface area contributed by atoms with E-state index in [0.29, 0.717) is 35.0 Å². The SMILES string of the molecule is C#CCn1c(=NC(=O)c2ccc(OCCCC)cc2)sc2cc3c(cc21)OCO3. The lowest BCUT2D eigenvalue weighted by molar-refractivity contribution is 0.0998. The van der Waals surface area contributed by atoms with Crippen LogP contribution in [0.2, 0.25) is 0 Å². The van der Waals surface area contributed by atoms with Gasteiger partial charge in [0.1, 0.15) is 5.75 Å². The number of aromatic nitrogens is 1. The predicted molar refractivity (Wildman–Crippen MR) is 112 cm³/mol. The summed E-state index contributed by atoms with van der Waals surface area (Å²) in [5.41, 5.74) is 1.36. The Morgan fingerprint density at radius 2 is 2.03 bits per heavy atom. The van der Waals surface area contributed by atoms with Gasteiger partial charge in [-0.2, -0.15) is 4.99 Å². The summed E-state index contributed by atoms with van der Waals surface area (Å²) < 4.78 is 19.3. The van der Waals surface area contributed by atoms with Gasteiger partial charge in [0.2, 0.25) is 6.79 Å². The molecule has 4 rings (SSSR count). The molecule has 0 fully saturated rings. The molecule has 3 aromatic rings. The molecule has 148 valence electrons. The number of ether oxygens (including phenoxy) is 3. The number of hydrogen-bond donors (Lipinski definition) is 0. The summed E-state index contributed by atoms with van der Waals surface area (Å²) in [6.07, 6.45) is 7.61. The normalized spacial score (nSPS) is 12.9. The highest BCUT2D eigenvalue weighted by atomic mass is 32.1. The maximum atomic E-state index is 12.7. The molecule has 7 heteroatoms. The van der Waals surface area contributed by atoms with Gasteiger partial charge in [0.15, 0.2) is 16.3 Å². The molecule has 2 heterocycles. The van der Waals surface area contributed by atoms with Crippen LogP contribution >= 0.6 is 11.3 Å². The van der Waals surface area contributed by atoms with E-state index in [1.807, 2.05) is 16.7 Å². The van der Waals surface area contributed by atoms with Crippen molar-refractivity contribution in [2.24, 2.45) is 4.99 Å². The zero-order valence-corrected chi connectivity index (χ0v) is 16.8. The molecule has 0 radical (unpaired) electrons. The molecule has 0 N–H and O–H groups in total. The molecule has 1 amide bonds. The number of terminal acetylenes is 1. The molecule has 0 bridgehead atoms. The minimum atomic E-state index is -0.331. The van der Waals surface area contributed by atoms with E-state index in [1.165, 1.54) is 11.3 Å². The smallest absolute Gasteiger partial charge is 0.279 e. The fourth-order valence-corrected chi connectivity index (χ4v) is 4.01. The first-order valence-electron chi connectivity index (χ1n) is 9.38. The molecule has 29 heavy (non-hydrogen) atoms. The first kappa shape index (κ1) is 19.1. The maximum absolute atomic E-state index is 12.7. The van der Waals surface area contributed by atoms with Crippen LogP contribution in [0.5, 0.6) is 17.2 Å². The second-order valence-corrected chi connectivity index (χ2v) is 7.50. The molecule has 0 unspecified atom stereocenters. The molecule has 0 atom stereocenters. The van der Waals surface area contributed by atoms with Crippen LogP contribution in [0.1, 0.15) is 30.1 Å². The second kappa shape index (κ2) is 8.41. The van der Waals surface area contributed by atoms with Gasteiger partial charge in [-0.05, 0) is 30.7 Å². The van der Waals surface area contributed by atoms with E-state index in [4.69, 9.17) is 20.6 Å². The molecular weight excluding hydrogens is 388 g/mol. The molecule has 6 nitrogen and oxygen atoms in total. The van der Waals surface area contributed by atoms with E-state index in [9.17, 15) is 4.79 Å². The van der Waals surface area contributed by atoms with Crippen LogP contribution < -0.4 is 19.0 Å². The van der Waals surface area contributed by atoms with E-state index in [0.717, 1.165) is 28.8 Å². The van der Waals surface area contributed by atoms with E-state index in [-0.39, 0.29) is 12.7 Å². The van der Waals surface area contributed by atoms with Gasteiger partial charge >= 0.3 is 0 Å². The van der Waals surface area contributed by atoms with Crippen molar-refractivity contribution in [2.45, 2.75) is 26.3 Å². The third-order valence-corrected chi connectivity index (χ3v) is 5.53. The standard InChI is InChI=1S/C22H20N2O4S/c1-3-5-11-26-16-8-6-15(7-9-16)21(25)23-22-24(10-4-2)17-12-18-19(28-14-27-18)13-20(17)29-22/h2,6-9,12-13H,3,5,10-11,14H2,1H3. The molecular formula is C22H20N2O4S. The number of carbonyl (C=O) groups excluding carboxylic acids is 1. The van der Waals surface area contributed by atoms with Crippen LogP contribution in [0.4, 0.5) is 0 Å². The van der Waals surface area contributed by atoms with Crippen LogP contribution in [-0.4, -0.2) is 23.9 Å². The van der Waals surface area contributed by atoms with Gasteiger partial charge in [0, 0.05) is 17.7 Å². The van der Waals surface area contributed by atoms with Crippen molar-refractivity contribution in [1.29, 1.82) is 0 Å². The summed E-state index contributed by atoms with van der Waals surface area (Å²) in [5.74, 6) is 4.39. The number of thiazole rings is 1. The average Bonchev–Trinajstić information content (AvgIpc) is 3.31. The zero-order chi connectivity index (χ0) is 20.2. The third kappa shape index (κ3) is 3.98. The van der Waals surface area contributed by atoms with Crippen molar-refractivity contribution in [3.05, 3.63) is 46.8 Å². The lowest BCUT2D eigenvalue weighted by Crippen LogP contribution is -2.16. The lowest BCUT2D eigenvalue weighted by Gasteiger charge is -2.05. The van der Waals surface area contributed by atoms with Crippen LogP contribution in [0.25, 0.3) is 10.2 Å². The molecule has 1 aliphatic heterocycles. The first-order chi connectivity index (χ1) is 14.2. The maximum Gasteiger partial charge on any atom is 0.279 e. The summed E-state index contributed by atoms with van der Waals surface area (Å²) in [4.78, 5) is 17.6. The summed E-state index contributed by atoms with van der Waals surface area (Å²) in [6, 6.07) is 10.8. The molecule has 0 spiro atoms. The monoisotopic (exact) mass is 408 g/mol. The highest BCUT2D eigenvalue weighted by Gasteiger charge is 2.18. The molecule has 1 aliphatic rings. The number of nitrogens with zero attached hydrogens (tertiary/aromatic N) is 2. The third-order valence-electron chi connectivity index (χ3n) is 4.49. The Balaban J connectivity index is 1.65. The van der Waals surface area contributed by atoms with Crippen LogP contribution in [-0.2, 0) is 6.54 Å². The Morgan fingerprint density at radius 3 is 2.76 bits per heavy atom. The summed E-state index contributed by atoms with van der Waals surface area (Å²) in [7, 11) is 0. The van der Waals surface area contributed by atoms with E-state index < -0.39 is 0 Å². The van der Waals surface area contributed by atoms with Crippen molar-refractivity contribution < 1.29 is 19.0 Å². The van der Waals surface area contributed by atoms with Gasteiger partial charge in [0.05, 0.1) is 23.4 Å². The van der Waals surface area contributed by atoms with Crippen LogP contribution in [0.3, 0.4) is 0 Å². The molecule has 0 aliphatic carbocycles. The van der Waals surface area contributed by atoms with Crippen molar-refractivity contribution in [2.75, 3.05) is 13.4 Å². The fraction of sp³-hybridized carbons (Fsp3) is 0.273. The van der Waals surface area contributed by atoms with Crippen LogP contribution in [0, 0.1) is 12.3 Å². The minimum absolute atomic E-state index is 0.204. The Bertz CT molecular complexity index is 1150. The van der Waals surface area contributed by atoms with Crippen molar-refractivity contribution in [1.82, 2.24) is 4.57 Å². The molecule has 0 saturated heterocycles. The summed E-state index contributed by atoms with van der Waals surface area (Å²) >= 11 is 1.39. The first-order valence-corrected chi connectivity index (χ1v) is 10.2. The number of fused-ring (bicyclic) bond motifs is 2. The second-order valence-electron chi connectivity index (χ2n) is 6.49. The van der Waals surface area contributed by atoms with Gasteiger partial charge in [-0.25, -0.2) is 0 Å². The van der Waals surface area contributed by atoms with Crippen LogP contribution in [0.15, 0.2) is 41.4 Å². The Morgan fingerprint density at radius 1 is 1.28 bits per heavy atom. The largest absolute Gasteiger partial charge is 0.494 e. The molecule has 2 aromatic carbocycles. The van der Waals surface area contributed by atoms with E-state index in [2.05, 4.69) is 17.8 Å². The quantitative estimate of drug-likeness (QED) is 0.457. The van der Waals surface area contributed by atoms with Crippen molar-refractivity contribution in [3.63, 3.8) is 0 Å². The topological polar surface area (TPSA) is 62.1 Å². The average molecular weight is 408 g/mol. The Hall–Kier alpha value is -3.24. The van der Waals surface area contributed by atoms with Gasteiger partial charge in [0.25, 0.3) is 5.91 Å². The Labute approximate surface area is 172 Å². The summed E-state index contributed by atoms with van der Waals surface area (Å²) in [6.45, 7) is 3.28. The number of unbranched alkanes of at least 4 members (excludes halogenated alkanes) is 1. The van der Waals surface area contributed by atoms with E-state index in [1.54, 1.807) is 24.3 Å².